The maximum atomic E-state index is 12.8. The van der Waals surface area contributed by atoms with Crippen LogP contribution in [0.15, 0.2) is 6.07 Å². The van der Waals surface area contributed by atoms with Crippen LogP contribution in [0.3, 0.4) is 0 Å². The molecule has 0 bridgehead atoms. The molecule has 7 nitrogen and oxygen atoms in total. The molecule has 3 heterocycles. The zero-order valence-corrected chi connectivity index (χ0v) is 12.3. The standard InChI is InChI=1S/C13H15F3N6O/c1-7-5-9(21-4-2-3-8(6-21)10(17)23)22-12(18-7)19-11(20-22)13(14,15)16/h5,8H,2-4,6H2,1H3,(H2,17,23)/t8-/m0/s1. The molecule has 1 amide bonds. The Hall–Kier alpha value is -2.39. The normalized spacial score (nSPS) is 19.3. The average Bonchev–Trinajstić information content (AvgIpc) is 2.90. The lowest BCUT2D eigenvalue weighted by atomic mass is 9.97. The predicted octanol–water partition coefficient (Wildman–Crippen LogP) is 1.15. The Labute approximate surface area is 129 Å². The van der Waals surface area contributed by atoms with Gasteiger partial charge in [0.2, 0.25) is 5.91 Å². The Bertz CT molecular complexity index is 756. The van der Waals surface area contributed by atoms with Crippen molar-refractivity contribution in [3.63, 3.8) is 0 Å². The van der Waals surface area contributed by atoms with Gasteiger partial charge in [-0.25, -0.2) is 4.98 Å². The number of anilines is 1. The molecule has 1 aliphatic heterocycles. The smallest absolute Gasteiger partial charge is 0.369 e. The van der Waals surface area contributed by atoms with Crippen molar-refractivity contribution in [1.29, 1.82) is 0 Å². The number of primary amides is 1. The van der Waals surface area contributed by atoms with Gasteiger partial charge in [0.25, 0.3) is 11.6 Å². The van der Waals surface area contributed by atoms with Crippen LogP contribution in [0.2, 0.25) is 0 Å². The summed E-state index contributed by atoms with van der Waals surface area (Å²) in [4.78, 5) is 20.6. The minimum atomic E-state index is -4.64. The molecule has 2 aromatic rings. The number of fused-ring (bicyclic) bond motifs is 1. The first kappa shape index (κ1) is 15.5. The Morgan fingerprint density at radius 1 is 1.39 bits per heavy atom. The Kier molecular flexibility index (Phi) is 3.61. The Morgan fingerprint density at radius 2 is 2.13 bits per heavy atom. The maximum Gasteiger partial charge on any atom is 0.453 e. The number of carbonyl (C=O) groups is 1. The molecule has 10 heteroatoms. The van der Waals surface area contributed by atoms with Gasteiger partial charge in [-0.05, 0) is 19.8 Å². The fraction of sp³-hybridized carbons (Fsp3) is 0.538. The molecule has 124 valence electrons. The summed E-state index contributed by atoms with van der Waals surface area (Å²) in [7, 11) is 0. The summed E-state index contributed by atoms with van der Waals surface area (Å²) in [5.74, 6) is -1.67. The Morgan fingerprint density at radius 3 is 2.78 bits per heavy atom. The van der Waals surface area contributed by atoms with Gasteiger partial charge in [0, 0.05) is 24.8 Å². The van der Waals surface area contributed by atoms with Crippen LogP contribution in [0.25, 0.3) is 5.78 Å². The van der Waals surface area contributed by atoms with Crippen molar-refractivity contribution >= 4 is 17.5 Å². The van der Waals surface area contributed by atoms with Crippen molar-refractivity contribution in [3.05, 3.63) is 17.6 Å². The van der Waals surface area contributed by atoms with E-state index in [9.17, 15) is 18.0 Å². The van der Waals surface area contributed by atoms with Gasteiger partial charge in [0.05, 0.1) is 5.92 Å². The van der Waals surface area contributed by atoms with E-state index in [1.807, 2.05) is 0 Å². The van der Waals surface area contributed by atoms with Crippen LogP contribution in [0.5, 0.6) is 0 Å². The number of alkyl halides is 3. The van der Waals surface area contributed by atoms with E-state index < -0.39 is 17.9 Å². The number of nitrogens with zero attached hydrogens (tertiary/aromatic N) is 5. The summed E-state index contributed by atoms with van der Waals surface area (Å²) in [6.07, 6.45) is -3.25. The van der Waals surface area contributed by atoms with E-state index >= 15 is 0 Å². The van der Waals surface area contributed by atoms with Gasteiger partial charge < -0.3 is 10.6 Å². The number of amides is 1. The molecular weight excluding hydrogens is 313 g/mol. The first-order valence-corrected chi connectivity index (χ1v) is 7.11. The quantitative estimate of drug-likeness (QED) is 0.893. The van der Waals surface area contributed by atoms with Gasteiger partial charge in [0.1, 0.15) is 5.82 Å². The average molecular weight is 328 g/mol. The van der Waals surface area contributed by atoms with Crippen molar-refractivity contribution in [3.8, 4) is 0 Å². The molecule has 23 heavy (non-hydrogen) atoms. The molecule has 1 aliphatic rings. The van der Waals surface area contributed by atoms with E-state index in [1.165, 1.54) is 0 Å². The van der Waals surface area contributed by atoms with E-state index in [0.29, 0.717) is 31.0 Å². The van der Waals surface area contributed by atoms with Gasteiger partial charge in [-0.2, -0.15) is 22.7 Å². The molecule has 1 atom stereocenters. The largest absolute Gasteiger partial charge is 0.453 e. The van der Waals surface area contributed by atoms with Crippen molar-refractivity contribution in [1.82, 2.24) is 19.6 Å². The lowest BCUT2D eigenvalue weighted by molar-refractivity contribution is -0.144. The summed E-state index contributed by atoms with van der Waals surface area (Å²) in [5, 5.41) is 3.53. The first-order valence-electron chi connectivity index (χ1n) is 7.11. The van der Waals surface area contributed by atoms with Gasteiger partial charge in [-0.3, -0.25) is 4.79 Å². The van der Waals surface area contributed by atoms with E-state index in [0.717, 1.165) is 10.9 Å². The third-order valence-corrected chi connectivity index (χ3v) is 3.82. The molecule has 0 aliphatic carbocycles. The molecule has 2 aromatic heterocycles. The van der Waals surface area contributed by atoms with Crippen molar-refractivity contribution in [2.75, 3.05) is 18.0 Å². The van der Waals surface area contributed by atoms with Gasteiger partial charge in [-0.15, -0.1) is 5.10 Å². The number of piperidine rings is 1. The summed E-state index contributed by atoms with van der Waals surface area (Å²) < 4.78 is 39.6. The van der Waals surface area contributed by atoms with E-state index in [-0.39, 0.29) is 11.7 Å². The molecule has 0 aromatic carbocycles. The van der Waals surface area contributed by atoms with E-state index in [2.05, 4.69) is 15.1 Å². The SMILES string of the molecule is Cc1cc(N2CCC[C@H](C(N)=O)C2)n2nc(C(F)(F)F)nc2n1. The third kappa shape index (κ3) is 2.92. The number of aryl methyl sites for hydroxylation is 1. The molecule has 3 rings (SSSR count). The zero-order valence-electron chi connectivity index (χ0n) is 12.3. The number of hydrogen-bond acceptors (Lipinski definition) is 5. The number of nitrogens with two attached hydrogens (primary N) is 1. The van der Waals surface area contributed by atoms with E-state index in [1.54, 1.807) is 17.9 Å². The number of hydrogen-bond donors (Lipinski definition) is 1. The summed E-state index contributed by atoms with van der Waals surface area (Å²) in [6.45, 7) is 2.61. The van der Waals surface area contributed by atoms with Crippen molar-refractivity contribution in [2.24, 2.45) is 11.7 Å². The fourth-order valence-corrected chi connectivity index (χ4v) is 2.73. The number of aromatic nitrogens is 4. The molecule has 0 radical (unpaired) electrons. The molecular formula is C13H15F3N6O. The highest BCUT2D eigenvalue weighted by Gasteiger charge is 2.37. The van der Waals surface area contributed by atoms with Crippen LogP contribution in [-0.4, -0.2) is 38.6 Å². The second kappa shape index (κ2) is 5.36. The second-order valence-electron chi connectivity index (χ2n) is 5.59. The zero-order chi connectivity index (χ0) is 16.8. The predicted molar refractivity (Wildman–Crippen MR) is 74.7 cm³/mol. The van der Waals surface area contributed by atoms with Gasteiger partial charge >= 0.3 is 6.18 Å². The van der Waals surface area contributed by atoms with Crippen LogP contribution < -0.4 is 10.6 Å². The van der Waals surface area contributed by atoms with Gasteiger partial charge in [-0.1, -0.05) is 0 Å². The highest BCUT2D eigenvalue weighted by Crippen LogP contribution is 2.29. The van der Waals surface area contributed by atoms with Crippen LogP contribution in [0.4, 0.5) is 19.0 Å². The number of carbonyl (C=O) groups excluding carboxylic acids is 1. The second-order valence-corrected chi connectivity index (χ2v) is 5.59. The first-order chi connectivity index (χ1) is 10.8. The molecule has 0 unspecified atom stereocenters. The van der Waals surface area contributed by atoms with Crippen molar-refractivity contribution in [2.45, 2.75) is 25.9 Å². The van der Waals surface area contributed by atoms with Crippen LogP contribution in [0, 0.1) is 12.8 Å². The third-order valence-electron chi connectivity index (χ3n) is 3.82. The monoisotopic (exact) mass is 328 g/mol. The molecule has 1 saturated heterocycles. The summed E-state index contributed by atoms with van der Waals surface area (Å²) >= 11 is 0. The minimum absolute atomic E-state index is 0.117. The topological polar surface area (TPSA) is 89.4 Å². The molecule has 1 fully saturated rings. The number of rotatable bonds is 2. The maximum absolute atomic E-state index is 12.8. The summed E-state index contributed by atoms with van der Waals surface area (Å²) in [5.41, 5.74) is 5.87. The Balaban J connectivity index is 2.06. The molecule has 0 spiro atoms. The minimum Gasteiger partial charge on any atom is -0.369 e. The van der Waals surface area contributed by atoms with Crippen LogP contribution in [0.1, 0.15) is 24.4 Å². The van der Waals surface area contributed by atoms with Crippen LogP contribution in [-0.2, 0) is 11.0 Å². The highest BCUT2D eigenvalue weighted by molar-refractivity contribution is 5.77. The van der Waals surface area contributed by atoms with Crippen LogP contribution >= 0.6 is 0 Å². The van der Waals surface area contributed by atoms with E-state index in [4.69, 9.17) is 5.73 Å². The lowest BCUT2D eigenvalue weighted by Crippen LogP contribution is -2.42. The van der Waals surface area contributed by atoms with Gasteiger partial charge in [0.15, 0.2) is 0 Å². The summed E-state index contributed by atoms with van der Waals surface area (Å²) in [6, 6.07) is 1.63. The lowest BCUT2D eigenvalue weighted by Gasteiger charge is -2.32. The molecule has 0 saturated carbocycles. The van der Waals surface area contributed by atoms with Crippen molar-refractivity contribution < 1.29 is 18.0 Å². The fourth-order valence-electron chi connectivity index (χ4n) is 2.73. The number of halogens is 3. The molecule has 2 N–H and O–H groups in total. The highest BCUT2D eigenvalue weighted by atomic mass is 19.4.